The molecule has 2 N–H and O–H groups in total. The fourth-order valence-corrected chi connectivity index (χ4v) is 5.04. The third kappa shape index (κ3) is 5.73. The minimum Gasteiger partial charge on any atom is -0.378 e. The van der Waals surface area contributed by atoms with Crippen LogP contribution in [-0.4, -0.2) is 58.7 Å². The van der Waals surface area contributed by atoms with Gasteiger partial charge in [-0.3, -0.25) is 0 Å². The Morgan fingerprint density at radius 3 is 2.64 bits per heavy atom. The SMILES string of the molecule is CN(C)S(=O)(=O)NC1CCNC[C@H]1COC1CCC(c2cccc(F)c2)CC1. The third-order valence-electron chi connectivity index (χ3n) is 5.93. The molecule has 0 radical (unpaired) electrons. The maximum atomic E-state index is 13.4. The number of nitrogens with zero attached hydrogens (tertiary/aromatic N) is 1. The predicted molar refractivity (Wildman–Crippen MR) is 108 cm³/mol. The molecule has 1 aromatic carbocycles. The number of piperidine rings is 1. The standard InChI is InChI=1S/C20H32FN3O3S/c1-24(2)28(25,26)23-20-10-11-22-13-17(20)14-27-19-8-6-15(7-9-19)16-4-3-5-18(21)12-16/h3-5,12,15,17,19-20,22-23H,6-11,13-14H2,1-2H3/t15?,17-,19?,20?/m0/s1. The molecule has 0 amide bonds. The van der Waals surface area contributed by atoms with Gasteiger partial charge < -0.3 is 10.1 Å². The van der Waals surface area contributed by atoms with Crippen LogP contribution in [0.25, 0.3) is 0 Å². The van der Waals surface area contributed by atoms with Crippen LogP contribution in [0.2, 0.25) is 0 Å². The molecule has 6 nitrogen and oxygen atoms in total. The molecule has 1 saturated heterocycles. The van der Waals surface area contributed by atoms with E-state index >= 15 is 0 Å². The summed E-state index contributed by atoms with van der Waals surface area (Å²) >= 11 is 0. The summed E-state index contributed by atoms with van der Waals surface area (Å²) in [6.45, 7) is 2.10. The van der Waals surface area contributed by atoms with E-state index in [1.54, 1.807) is 12.1 Å². The lowest BCUT2D eigenvalue weighted by Gasteiger charge is -2.35. The Morgan fingerprint density at radius 2 is 1.96 bits per heavy atom. The summed E-state index contributed by atoms with van der Waals surface area (Å²) in [6, 6.07) is 6.79. The van der Waals surface area contributed by atoms with Gasteiger partial charge in [-0.05, 0) is 62.3 Å². The molecule has 1 saturated carbocycles. The summed E-state index contributed by atoms with van der Waals surface area (Å²) < 4.78 is 48.0. The van der Waals surface area contributed by atoms with Gasteiger partial charge in [0.1, 0.15) is 5.82 Å². The van der Waals surface area contributed by atoms with Crippen LogP contribution in [0.1, 0.15) is 43.6 Å². The topological polar surface area (TPSA) is 70.7 Å². The third-order valence-corrected chi connectivity index (χ3v) is 7.49. The van der Waals surface area contributed by atoms with Crippen molar-refractivity contribution in [3.05, 3.63) is 35.6 Å². The smallest absolute Gasteiger partial charge is 0.279 e. The molecule has 158 valence electrons. The van der Waals surface area contributed by atoms with Crippen LogP contribution in [0.5, 0.6) is 0 Å². The molecule has 0 bridgehead atoms. The first-order chi connectivity index (χ1) is 13.3. The molecule has 8 heteroatoms. The van der Waals surface area contributed by atoms with E-state index in [9.17, 15) is 12.8 Å². The van der Waals surface area contributed by atoms with E-state index in [-0.39, 0.29) is 23.9 Å². The highest BCUT2D eigenvalue weighted by Crippen LogP contribution is 2.34. The lowest BCUT2D eigenvalue weighted by molar-refractivity contribution is -0.00413. The van der Waals surface area contributed by atoms with Crippen molar-refractivity contribution in [2.24, 2.45) is 5.92 Å². The highest BCUT2D eigenvalue weighted by molar-refractivity contribution is 7.87. The van der Waals surface area contributed by atoms with Gasteiger partial charge in [0.25, 0.3) is 10.2 Å². The van der Waals surface area contributed by atoms with Crippen molar-refractivity contribution >= 4 is 10.2 Å². The second-order valence-corrected chi connectivity index (χ2v) is 10.0. The zero-order chi connectivity index (χ0) is 20.1. The Morgan fingerprint density at radius 1 is 1.21 bits per heavy atom. The zero-order valence-corrected chi connectivity index (χ0v) is 17.6. The van der Waals surface area contributed by atoms with E-state index in [4.69, 9.17) is 4.74 Å². The van der Waals surface area contributed by atoms with Gasteiger partial charge in [0.15, 0.2) is 0 Å². The summed E-state index contributed by atoms with van der Waals surface area (Å²) in [5.41, 5.74) is 1.08. The molecular weight excluding hydrogens is 381 g/mol. The van der Waals surface area contributed by atoms with E-state index in [0.717, 1.165) is 50.8 Å². The average molecular weight is 414 g/mol. The normalized spacial score (nSPS) is 29.1. The van der Waals surface area contributed by atoms with Crippen LogP contribution in [0.15, 0.2) is 24.3 Å². The highest BCUT2D eigenvalue weighted by atomic mass is 32.2. The monoisotopic (exact) mass is 413 g/mol. The number of ether oxygens (including phenoxy) is 1. The molecule has 1 aliphatic carbocycles. The number of hydrogen-bond donors (Lipinski definition) is 2. The van der Waals surface area contributed by atoms with Crippen LogP contribution in [0.4, 0.5) is 4.39 Å². The van der Waals surface area contributed by atoms with Crippen molar-refractivity contribution in [2.75, 3.05) is 33.8 Å². The number of rotatable bonds is 7. The van der Waals surface area contributed by atoms with Crippen molar-refractivity contribution in [1.29, 1.82) is 0 Å². The fraction of sp³-hybridized carbons (Fsp3) is 0.700. The molecule has 2 aliphatic rings. The summed E-state index contributed by atoms with van der Waals surface area (Å²) in [7, 11) is -0.379. The molecule has 0 spiro atoms. The Balaban J connectivity index is 1.48. The molecule has 0 aromatic heterocycles. The van der Waals surface area contributed by atoms with Gasteiger partial charge >= 0.3 is 0 Å². The van der Waals surface area contributed by atoms with Crippen LogP contribution in [0, 0.1) is 11.7 Å². The molecule has 2 atom stereocenters. The minimum absolute atomic E-state index is 0.114. The molecule has 1 aliphatic heterocycles. The first-order valence-corrected chi connectivity index (χ1v) is 11.6. The second kappa shape index (κ2) is 9.63. The van der Waals surface area contributed by atoms with Crippen molar-refractivity contribution in [1.82, 2.24) is 14.3 Å². The van der Waals surface area contributed by atoms with Crippen molar-refractivity contribution < 1.29 is 17.5 Å². The van der Waals surface area contributed by atoms with Crippen LogP contribution >= 0.6 is 0 Å². The van der Waals surface area contributed by atoms with Gasteiger partial charge in [0.2, 0.25) is 0 Å². The average Bonchev–Trinajstić information content (AvgIpc) is 2.67. The molecular formula is C20H32FN3O3S. The highest BCUT2D eigenvalue weighted by Gasteiger charge is 2.31. The van der Waals surface area contributed by atoms with Gasteiger partial charge in [0, 0.05) is 32.6 Å². The molecule has 28 heavy (non-hydrogen) atoms. The molecule has 1 unspecified atom stereocenters. The summed E-state index contributed by atoms with van der Waals surface area (Å²) in [5.74, 6) is 0.336. The number of hydrogen-bond acceptors (Lipinski definition) is 4. The molecule has 2 fully saturated rings. The van der Waals surface area contributed by atoms with Crippen LogP contribution < -0.4 is 10.0 Å². The molecule has 1 heterocycles. The quantitative estimate of drug-likeness (QED) is 0.719. The van der Waals surface area contributed by atoms with E-state index in [0.29, 0.717) is 12.5 Å². The molecule has 1 aromatic rings. The first kappa shape index (κ1) is 21.6. The first-order valence-electron chi connectivity index (χ1n) is 10.1. The fourth-order valence-electron chi connectivity index (χ4n) is 4.13. The Bertz CT molecular complexity index is 736. The van der Waals surface area contributed by atoms with E-state index in [1.165, 1.54) is 24.5 Å². The van der Waals surface area contributed by atoms with Gasteiger partial charge in [-0.1, -0.05) is 12.1 Å². The Kier molecular flexibility index (Phi) is 7.44. The van der Waals surface area contributed by atoms with Crippen LogP contribution in [-0.2, 0) is 14.9 Å². The van der Waals surface area contributed by atoms with Crippen molar-refractivity contribution in [2.45, 2.75) is 50.2 Å². The number of nitrogens with one attached hydrogen (secondary N) is 2. The van der Waals surface area contributed by atoms with Crippen molar-refractivity contribution in [3.8, 4) is 0 Å². The summed E-state index contributed by atoms with van der Waals surface area (Å²) in [5, 5.41) is 3.34. The zero-order valence-electron chi connectivity index (χ0n) is 16.7. The van der Waals surface area contributed by atoms with Gasteiger partial charge in [0.05, 0.1) is 12.7 Å². The van der Waals surface area contributed by atoms with E-state index < -0.39 is 10.2 Å². The maximum Gasteiger partial charge on any atom is 0.279 e. The largest absolute Gasteiger partial charge is 0.378 e. The number of benzene rings is 1. The predicted octanol–water partition coefficient (Wildman–Crippen LogP) is 2.24. The second-order valence-electron chi connectivity index (χ2n) is 8.13. The number of halogens is 1. The van der Waals surface area contributed by atoms with Gasteiger partial charge in [-0.25, -0.2) is 4.39 Å². The van der Waals surface area contributed by atoms with Gasteiger partial charge in [-0.15, -0.1) is 0 Å². The minimum atomic E-state index is -3.45. The lowest BCUT2D eigenvalue weighted by Crippen LogP contribution is -2.53. The Hall–Kier alpha value is -1.06. The lowest BCUT2D eigenvalue weighted by atomic mass is 9.82. The summed E-state index contributed by atoms with van der Waals surface area (Å²) in [4.78, 5) is 0. The van der Waals surface area contributed by atoms with E-state index in [1.807, 2.05) is 6.07 Å². The summed E-state index contributed by atoms with van der Waals surface area (Å²) in [6.07, 6.45) is 4.84. The van der Waals surface area contributed by atoms with Gasteiger partial charge in [-0.2, -0.15) is 17.4 Å². The maximum absolute atomic E-state index is 13.4. The molecule has 3 rings (SSSR count). The van der Waals surface area contributed by atoms with Crippen LogP contribution in [0.3, 0.4) is 0 Å². The van der Waals surface area contributed by atoms with Crippen molar-refractivity contribution in [3.63, 3.8) is 0 Å². The Labute approximate surface area is 168 Å². The van der Waals surface area contributed by atoms with E-state index in [2.05, 4.69) is 10.0 Å².